The van der Waals surface area contributed by atoms with Gasteiger partial charge in [0.05, 0.1) is 0 Å². The predicted octanol–water partition coefficient (Wildman–Crippen LogP) is -0.00730. The van der Waals surface area contributed by atoms with E-state index >= 15 is 0 Å². The van der Waals surface area contributed by atoms with Gasteiger partial charge in [-0.15, -0.1) is 0 Å². The average Bonchev–Trinajstić information content (AvgIpc) is 2.62. The molecule has 1 saturated carbocycles. The molecule has 1 N–H and O–H groups in total. The Morgan fingerprint density at radius 2 is 2.42 bits per heavy atom. The Kier molecular flexibility index (Phi) is 1.68. The molecule has 0 bridgehead atoms. The zero-order chi connectivity index (χ0) is 8.72. The van der Waals surface area contributed by atoms with Crippen molar-refractivity contribution in [2.45, 2.75) is 12.5 Å². The van der Waals surface area contributed by atoms with E-state index in [-0.39, 0.29) is 5.91 Å². The lowest BCUT2D eigenvalue weighted by Crippen LogP contribution is -2.20. The summed E-state index contributed by atoms with van der Waals surface area (Å²) in [6.07, 6.45) is 3.21. The van der Waals surface area contributed by atoms with Gasteiger partial charge < -0.3 is 10.2 Å². The fourth-order valence-corrected chi connectivity index (χ4v) is 1.64. The summed E-state index contributed by atoms with van der Waals surface area (Å²) in [6, 6.07) is 0.478. The van der Waals surface area contributed by atoms with Crippen molar-refractivity contribution < 1.29 is 4.79 Å². The minimum Gasteiger partial charge on any atom is -0.349 e. The molecule has 0 aromatic rings. The molecule has 0 spiro atoms. The van der Waals surface area contributed by atoms with E-state index in [9.17, 15) is 4.79 Å². The van der Waals surface area contributed by atoms with Crippen molar-refractivity contribution in [2.24, 2.45) is 5.92 Å². The van der Waals surface area contributed by atoms with Crippen LogP contribution in [-0.2, 0) is 4.79 Å². The first kappa shape index (κ1) is 7.80. The molecule has 2 atom stereocenters. The lowest BCUT2D eigenvalue weighted by Gasteiger charge is -2.05. The summed E-state index contributed by atoms with van der Waals surface area (Å²) >= 11 is 0. The molecule has 0 aromatic heterocycles. The van der Waals surface area contributed by atoms with Gasteiger partial charge in [0, 0.05) is 24.1 Å². The van der Waals surface area contributed by atoms with Crippen molar-refractivity contribution >= 4 is 5.91 Å². The van der Waals surface area contributed by atoms with Crippen molar-refractivity contribution in [1.82, 2.24) is 10.2 Å². The minimum atomic E-state index is 0.151. The van der Waals surface area contributed by atoms with Crippen LogP contribution in [-0.4, -0.2) is 37.5 Å². The first-order valence-electron chi connectivity index (χ1n) is 4.34. The largest absolute Gasteiger partial charge is 0.349 e. The standard InChI is InChI=1S/C9H14N2O/c1-11(2)4-3-6-7-5-8(7)10-9(6)12/h3,7-8H,4-5H2,1-2H3,(H,10,12)/b6-3-. The van der Waals surface area contributed by atoms with Crippen LogP contribution in [0.1, 0.15) is 6.42 Å². The molecule has 2 fully saturated rings. The van der Waals surface area contributed by atoms with Crippen molar-refractivity contribution in [1.29, 1.82) is 0 Å². The zero-order valence-corrected chi connectivity index (χ0v) is 7.50. The van der Waals surface area contributed by atoms with Crippen LogP contribution in [0.15, 0.2) is 11.6 Å². The number of rotatable bonds is 2. The molecule has 12 heavy (non-hydrogen) atoms. The van der Waals surface area contributed by atoms with Gasteiger partial charge in [-0.05, 0) is 20.5 Å². The second kappa shape index (κ2) is 2.59. The highest BCUT2D eigenvalue weighted by molar-refractivity contribution is 5.98. The molecular formula is C9H14N2O. The van der Waals surface area contributed by atoms with Gasteiger partial charge in [-0.2, -0.15) is 0 Å². The Bertz CT molecular complexity index is 245. The number of piperidine rings is 1. The average molecular weight is 166 g/mol. The lowest BCUT2D eigenvalue weighted by molar-refractivity contribution is -0.116. The Balaban J connectivity index is 2.02. The van der Waals surface area contributed by atoms with Crippen molar-refractivity contribution in [2.75, 3.05) is 20.6 Å². The van der Waals surface area contributed by atoms with E-state index in [1.165, 1.54) is 0 Å². The number of nitrogens with zero attached hydrogens (tertiary/aromatic N) is 1. The molecule has 0 radical (unpaired) electrons. The van der Waals surface area contributed by atoms with Crippen LogP contribution < -0.4 is 5.32 Å². The van der Waals surface area contributed by atoms with Crippen molar-refractivity contribution in [3.63, 3.8) is 0 Å². The maximum atomic E-state index is 11.2. The molecular weight excluding hydrogens is 152 g/mol. The zero-order valence-electron chi connectivity index (χ0n) is 7.50. The maximum Gasteiger partial charge on any atom is 0.247 e. The molecule has 66 valence electrons. The van der Waals surface area contributed by atoms with Gasteiger partial charge in [0.15, 0.2) is 0 Å². The van der Waals surface area contributed by atoms with Crippen LogP contribution in [0.2, 0.25) is 0 Å². The highest BCUT2D eigenvalue weighted by Gasteiger charge is 2.49. The fourth-order valence-electron chi connectivity index (χ4n) is 1.64. The molecule has 1 saturated heterocycles. The van der Waals surface area contributed by atoms with E-state index in [0.29, 0.717) is 12.0 Å². The molecule has 1 aliphatic heterocycles. The summed E-state index contributed by atoms with van der Waals surface area (Å²) in [4.78, 5) is 13.3. The summed E-state index contributed by atoms with van der Waals surface area (Å²) in [7, 11) is 4.02. The lowest BCUT2D eigenvalue weighted by atomic mass is 10.1. The van der Waals surface area contributed by atoms with Crippen LogP contribution in [0.4, 0.5) is 0 Å². The molecule has 2 unspecified atom stereocenters. The van der Waals surface area contributed by atoms with Gasteiger partial charge in [0.1, 0.15) is 0 Å². The summed E-state index contributed by atoms with van der Waals surface area (Å²) in [5.74, 6) is 0.690. The van der Waals surface area contributed by atoms with Gasteiger partial charge in [-0.3, -0.25) is 4.79 Å². The van der Waals surface area contributed by atoms with Crippen LogP contribution >= 0.6 is 0 Å². The molecule has 2 aliphatic rings. The third kappa shape index (κ3) is 1.25. The number of likely N-dealkylation sites (N-methyl/N-ethyl adjacent to an activating group) is 1. The Morgan fingerprint density at radius 3 is 2.92 bits per heavy atom. The van der Waals surface area contributed by atoms with E-state index < -0.39 is 0 Å². The summed E-state index contributed by atoms with van der Waals surface area (Å²) in [5.41, 5.74) is 1.01. The second-order valence-corrected chi connectivity index (χ2v) is 3.84. The van der Waals surface area contributed by atoms with E-state index in [2.05, 4.69) is 10.2 Å². The monoisotopic (exact) mass is 166 g/mol. The van der Waals surface area contributed by atoms with Gasteiger partial charge in [-0.25, -0.2) is 0 Å². The second-order valence-electron chi connectivity index (χ2n) is 3.84. The van der Waals surface area contributed by atoms with Crippen LogP contribution in [0, 0.1) is 5.92 Å². The molecule has 1 amide bonds. The summed E-state index contributed by atoms with van der Waals surface area (Å²) < 4.78 is 0. The third-order valence-corrected chi connectivity index (χ3v) is 2.44. The molecule has 0 aromatic carbocycles. The maximum absolute atomic E-state index is 11.2. The highest BCUT2D eigenvalue weighted by atomic mass is 16.2. The van der Waals surface area contributed by atoms with Crippen LogP contribution in [0.3, 0.4) is 0 Å². The van der Waals surface area contributed by atoms with E-state index in [1.807, 2.05) is 20.2 Å². The van der Waals surface area contributed by atoms with E-state index in [4.69, 9.17) is 0 Å². The number of hydrogen-bond donors (Lipinski definition) is 1. The first-order valence-corrected chi connectivity index (χ1v) is 4.34. The van der Waals surface area contributed by atoms with Crippen LogP contribution in [0.5, 0.6) is 0 Å². The topological polar surface area (TPSA) is 32.3 Å². The van der Waals surface area contributed by atoms with E-state index in [0.717, 1.165) is 18.5 Å². The summed E-state index contributed by atoms with van der Waals surface area (Å²) in [6.45, 7) is 0.867. The number of carbonyl (C=O) groups is 1. The number of fused-ring (bicyclic) bond motifs is 1. The van der Waals surface area contributed by atoms with E-state index in [1.54, 1.807) is 0 Å². The van der Waals surface area contributed by atoms with Crippen molar-refractivity contribution in [3.8, 4) is 0 Å². The normalized spacial score (nSPS) is 35.6. The molecule has 1 aliphatic carbocycles. The van der Waals surface area contributed by atoms with Gasteiger partial charge in [0.25, 0.3) is 0 Å². The number of nitrogens with one attached hydrogen (secondary N) is 1. The molecule has 2 rings (SSSR count). The first-order chi connectivity index (χ1) is 5.68. The molecule has 1 heterocycles. The van der Waals surface area contributed by atoms with Gasteiger partial charge in [-0.1, -0.05) is 6.08 Å². The predicted molar refractivity (Wildman–Crippen MR) is 46.7 cm³/mol. The van der Waals surface area contributed by atoms with Gasteiger partial charge in [0.2, 0.25) is 5.91 Å². The van der Waals surface area contributed by atoms with Crippen LogP contribution in [0.25, 0.3) is 0 Å². The Labute approximate surface area is 72.4 Å². The third-order valence-electron chi connectivity index (χ3n) is 2.44. The fraction of sp³-hybridized carbons (Fsp3) is 0.667. The Morgan fingerprint density at radius 1 is 1.67 bits per heavy atom. The molecule has 3 nitrogen and oxygen atoms in total. The Hall–Kier alpha value is -0.830. The molecule has 3 heteroatoms. The smallest absolute Gasteiger partial charge is 0.247 e. The minimum absolute atomic E-state index is 0.151. The number of hydrogen-bond acceptors (Lipinski definition) is 2. The quantitative estimate of drug-likeness (QED) is 0.585. The number of carbonyl (C=O) groups excluding carboxylic acids is 1. The number of amides is 1. The summed E-state index contributed by atoms with van der Waals surface area (Å²) in [5, 5.41) is 2.94. The highest BCUT2D eigenvalue weighted by Crippen LogP contribution is 2.42. The van der Waals surface area contributed by atoms with Gasteiger partial charge >= 0.3 is 0 Å². The van der Waals surface area contributed by atoms with Crippen molar-refractivity contribution in [3.05, 3.63) is 11.6 Å². The SMILES string of the molecule is CN(C)C/C=C1\C(=O)NC2CC12.